The van der Waals surface area contributed by atoms with Gasteiger partial charge >= 0.3 is 0 Å². The van der Waals surface area contributed by atoms with E-state index in [0.29, 0.717) is 30.9 Å². The molecule has 1 aromatic rings. The van der Waals surface area contributed by atoms with Crippen molar-refractivity contribution in [3.8, 4) is 0 Å². The van der Waals surface area contributed by atoms with Crippen molar-refractivity contribution in [2.75, 3.05) is 6.54 Å². The van der Waals surface area contributed by atoms with Gasteiger partial charge in [0.05, 0.1) is 17.8 Å². The average Bonchev–Trinajstić information content (AvgIpc) is 2.91. The van der Waals surface area contributed by atoms with Crippen molar-refractivity contribution in [2.24, 2.45) is 5.92 Å². The van der Waals surface area contributed by atoms with Gasteiger partial charge in [0.15, 0.2) is 0 Å². The third kappa shape index (κ3) is 2.29. The Labute approximate surface area is 112 Å². The van der Waals surface area contributed by atoms with Crippen molar-refractivity contribution in [1.29, 1.82) is 0 Å². The Morgan fingerprint density at radius 2 is 2.11 bits per heavy atom. The van der Waals surface area contributed by atoms with Gasteiger partial charge in [0.2, 0.25) is 5.91 Å². The first-order valence-electron chi connectivity index (χ1n) is 7.02. The van der Waals surface area contributed by atoms with Crippen LogP contribution < -0.4 is 5.56 Å². The van der Waals surface area contributed by atoms with Crippen LogP contribution in [0.25, 0.3) is 0 Å². The number of aryl methyl sites for hydroxylation is 1. The van der Waals surface area contributed by atoms with Crippen molar-refractivity contribution in [2.45, 2.75) is 45.6 Å². The van der Waals surface area contributed by atoms with Crippen molar-refractivity contribution in [1.82, 2.24) is 14.9 Å². The first-order chi connectivity index (χ1) is 9.15. The van der Waals surface area contributed by atoms with Gasteiger partial charge in [0.1, 0.15) is 5.82 Å². The third-order valence-electron chi connectivity index (χ3n) is 4.20. The minimum absolute atomic E-state index is 0.0913. The number of carbonyl (C=O) groups is 1. The van der Waals surface area contributed by atoms with Crippen LogP contribution in [0, 0.1) is 12.8 Å². The summed E-state index contributed by atoms with van der Waals surface area (Å²) in [7, 11) is 0. The summed E-state index contributed by atoms with van der Waals surface area (Å²) >= 11 is 0. The summed E-state index contributed by atoms with van der Waals surface area (Å²) in [4.78, 5) is 33.3. The van der Waals surface area contributed by atoms with E-state index >= 15 is 0 Å². The second-order valence-electron chi connectivity index (χ2n) is 5.57. The number of rotatable bonds is 1. The summed E-state index contributed by atoms with van der Waals surface area (Å²) in [5, 5.41) is 0. The Balaban J connectivity index is 1.82. The smallest absolute Gasteiger partial charge is 0.256 e. The second kappa shape index (κ2) is 4.79. The zero-order valence-electron chi connectivity index (χ0n) is 11.2. The number of hydrogen-bond donors (Lipinski definition) is 1. The monoisotopic (exact) mass is 261 g/mol. The molecule has 0 spiro atoms. The van der Waals surface area contributed by atoms with Gasteiger partial charge in [-0.2, -0.15) is 0 Å². The lowest BCUT2D eigenvalue weighted by atomic mass is 10.0. The molecular weight excluding hydrogens is 242 g/mol. The number of aromatic nitrogens is 2. The fourth-order valence-corrected chi connectivity index (χ4v) is 3.17. The Bertz CT molecular complexity index is 558. The molecule has 1 fully saturated rings. The molecule has 1 aromatic heterocycles. The van der Waals surface area contributed by atoms with Crippen LogP contribution in [0.5, 0.6) is 0 Å². The standard InChI is InChI=1S/C14H19N3O2/c1-9-15-12-6-7-17(8-11(12)13(18)16-9)14(19)10-4-2-3-5-10/h10H,2-8H2,1H3,(H,15,16,18). The zero-order valence-corrected chi connectivity index (χ0v) is 11.2. The summed E-state index contributed by atoms with van der Waals surface area (Å²) in [6.07, 6.45) is 5.01. The van der Waals surface area contributed by atoms with Crippen LogP contribution in [0.3, 0.4) is 0 Å². The van der Waals surface area contributed by atoms with E-state index in [2.05, 4.69) is 9.97 Å². The van der Waals surface area contributed by atoms with Crippen LogP contribution in [0.4, 0.5) is 0 Å². The van der Waals surface area contributed by atoms with Gasteiger partial charge in [-0.05, 0) is 19.8 Å². The highest BCUT2D eigenvalue weighted by molar-refractivity contribution is 5.79. The number of nitrogens with one attached hydrogen (secondary N) is 1. The molecule has 2 heterocycles. The molecule has 0 bridgehead atoms. The van der Waals surface area contributed by atoms with Gasteiger partial charge in [-0.15, -0.1) is 0 Å². The minimum atomic E-state index is -0.0913. The van der Waals surface area contributed by atoms with Crippen molar-refractivity contribution >= 4 is 5.91 Å². The van der Waals surface area contributed by atoms with Gasteiger partial charge < -0.3 is 9.88 Å². The van der Waals surface area contributed by atoms with Crippen LogP contribution in [0.15, 0.2) is 4.79 Å². The van der Waals surface area contributed by atoms with E-state index in [4.69, 9.17) is 0 Å². The van der Waals surface area contributed by atoms with Gasteiger partial charge in [-0.3, -0.25) is 9.59 Å². The summed E-state index contributed by atoms with van der Waals surface area (Å²) in [6.45, 7) is 2.91. The van der Waals surface area contributed by atoms with E-state index in [1.807, 2.05) is 4.90 Å². The Hall–Kier alpha value is -1.65. The highest BCUT2D eigenvalue weighted by atomic mass is 16.2. The van der Waals surface area contributed by atoms with E-state index in [1.54, 1.807) is 6.92 Å². The van der Waals surface area contributed by atoms with Crippen molar-refractivity contribution in [3.05, 3.63) is 27.4 Å². The molecule has 2 aliphatic rings. The molecule has 0 saturated heterocycles. The molecule has 1 aliphatic heterocycles. The summed E-state index contributed by atoms with van der Waals surface area (Å²) in [6, 6.07) is 0. The number of H-pyrrole nitrogens is 1. The molecule has 0 atom stereocenters. The highest BCUT2D eigenvalue weighted by Gasteiger charge is 2.30. The maximum absolute atomic E-state index is 12.4. The van der Waals surface area contributed by atoms with Crippen molar-refractivity contribution in [3.63, 3.8) is 0 Å². The molecule has 1 amide bonds. The van der Waals surface area contributed by atoms with Gasteiger partial charge in [0, 0.05) is 18.9 Å². The van der Waals surface area contributed by atoms with E-state index in [1.165, 1.54) is 0 Å². The summed E-state index contributed by atoms with van der Waals surface area (Å²) in [5.74, 6) is 1.06. The first-order valence-corrected chi connectivity index (χ1v) is 7.02. The minimum Gasteiger partial charge on any atom is -0.337 e. The third-order valence-corrected chi connectivity index (χ3v) is 4.20. The van der Waals surface area contributed by atoms with E-state index in [0.717, 1.165) is 31.4 Å². The Morgan fingerprint density at radius 3 is 2.84 bits per heavy atom. The highest BCUT2D eigenvalue weighted by Crippen LogP contribution is 2.28. The number of fused-ring (bicyclic) bond motifs is 1. The fraction of sp³-hybridized carbons (Fsp3) is 0.643. The summed E-state index contributed by atoms with van der Waals surface area (Å²) < 4.78 is 0. The van der Waals surface area contributed by atoms with Crippen molar-refractivity contribution < 1.29 is 4.79 Å². The van der Waals surface area contributed by atoms with E-state index < -0.39 is 0 Å². The largest absolute Gasteiger partial charge is 0.337 e. The number of aromatic amines is 1. The van der Waals surface area contributed by atoms with Crippen LogP contribution in [-0.4, -0.2) is 27.3 Å². The molecule has 5 nitrogen and oxygen atoms in total. The van der Waals surface area contributed by atoms with Crippen LogP contribution in [-0.2, 0) is 17.8 Å². The lowest BCUT2D eigenvalue weighted by molar-refractivity contribution is -0.136. The topological polar surface area (TPSA) is 66.1 Å². The first kappa shape index (κ1) is 12.4. The SMILES string of the molecule is Cc1nc2c(c(=O)[nH]1)CN(C(=O)C1CCCC1)CC2. The molecule has 3 rings (SSSR count). The predicted molar refractivity (Wildman–Crippen MR) is 70.7 cm³/mol. The molecular formula is C14H19N3O2. The molecule has 1 aliphatic carbocycles. The fourth-order valence-electron chi connectivity index (χ4n) is 3.17. The molecule has 1 N–H and O–H groups in total. The van der Waals surface area contributed by atoms with Crippen LogP contribution in [0.2, 0.25) is 0 Å². The number of nitrogens with zero attached hydrogens (tertiary/aromatic N) is 2. The van der Waals surface area contributed by atoms with Gasteiger partial charge in [0.25, 0.3) is 5.56 Å². The molecule has 19 heavy (non-hydrogen) atoms. The Morgan fingerprint density at radius 1 is 1.37 bits per heavy atom. The summed E-state index contributed by atoms with van der Waals surface area (Å²) in [5.41, 5.74) is 1.44. The normalized spacial score (nSPS) is 19.5. The molecule has 102 valence electrons. The lowest BCUT2D eigenvalue weighted by Gasteiger charge is -2.29. The van der Waals surface area contributed by atoms with E-state index in [-0.39, 0.29) is 17.4 Å². The average molecular weight is 261 g/mol. The van der Waals surface area contributed by atoms with E-state index in [9.17, 15) is 9.59 Å². The maximum Gasteiger partial charge on any atom is 0.256 e. The second-order valence-corrected chi connectivity index (χ2v) is 5.57. The number of amides is 1. The molecule has 0 radical (unpaired) electrons. The molecule has 0 aromatic carbocycles. The molecule has 1 saturated carbocycles. The Kier molecular flexibility index (Phi) is 3.12. The zero-order chi connectivity index (χ0) is 13.4. The lowest BCUT2D eigenvalue weighted by Crippen LogP contribution is -2.42. The molecule has 5 heteroatoms. The van der Waals surface area contributed by atoms with Crippen LogP contribution in [0.1, 0.15) is 42.8 Å². The molecule has 0 unspecified atom stereocenters. The van der Waals surface area contributed by atoms with Crippen LogP contribution >= 0.6 is 0 Å². The quantitative estimate of drug-likeness (QED) is 0.824. The number of carbonyl (C=O) groups excluding carboxylic acids is 1. The number of hydrogen-bond acceptors (Lipinski definition) is 3. The van der Waals surface area contributed by atoms with Gasteiger partial charge in [-0.25, -0.2) is 4.98 Å². The predicted octanol–water partition coefficient (Wildman–Crippen LogP) is 1.15. The maximum atomic E-state index is 12.4. The van der Waals surface area contributed by atoms with Gasteiger partial charge in [-0.1, -0.05) is 12.8 Å².